The van der Waals surface area contributed by atoms with Crippen LogP contribution in [0.3, 0.4) is 0 Å². The fraction of sp³-hybridized carbons (Fsp3) is 0.827. The lowest BCUT2D eigenvalue weighted by Gasteiger charge is -2.33. The molecule has 0 fully saturated rings. The van der Waals surface area contributed by atoms with Crippen LogP contribution in [0.4, 0.5) is 0 Å². The normalized spacial score (nSPS) is 12.3. The third-order valence-corrected chi connectivity index (χ3v) is 11.2. The summed E-state index contributed by atoms with van der Waals surface area (Å²) in [5.74, 6) is 0.449. The minimum Gasteiger partial charge on any atom is -0.340 e. The van der Waals surface area contributed by atoms with E-state index in [4.69, 9.17) is 0 Å². The Hall–Kier alpha value is -1.61. The van der Waals surface area contributed by atoms with Gasteiger partial charge in [0.2, 0.25) is 5.91 Å². The number of unbranched alkanes of at least 4 members (excludes halogenated alkanes) is 24. The molecule has 0 atom stereocenters. The average molecular weight is 767 g/mol. The van der Waals surface area contributed by atoms with E-state index in [1.54, 1.807) is 0 Å². The molecule has 0 saturated carbocycles. The molecule has 0 spiro atoms. The number of carbonyl (C=O) groups is 1. The molecule has 0 saturated heterocycles. The quantitative estimate of drug-likeness (QED) is 0.0456. The van der Waals surface area contributed by atoms with Gasteiger partial charge < -0.3 is 9.80 Å². The van der Waals surface area contributed by atoms with Crippen molar-refractivity contribution >= 4 is 5.91 Å². The second kappa shape index (κ2) is 45.1. The zero-order valence-electron chi connectivity index (χ0n) is 38.2. The first kappa shape index (κ1) is 53.4. The number of hydrogen-bond acceptors (Lipinski definition) is 2. The van der Waals surface area contributed by atoms with Crippen LogP contribution in [0.25, 0.3) is 0 Å². The molecule has 0 aliphatic rings. The van der Waals surface area contributed by atoms with Crippen molar-refractivity contribution in [2.75, 3.05) is 27.2 Å². The maximum absolute atomic E-state index is 13.8. The summed E-state index contributed by atoms with van der Waals surface area (Å²) in [5, 5.41) is 0. The summed E-state index contributed by atoms with van der Waals surface area (Å²) in [5.41, 5.74) is 0. The largest absolute Gasteiger partial charge is 0.340 e. The van der Waals surface area contributed by atoms with Gasteiger partial charge in [0, 0.05) is 19.0 Å². The molecule has 0 bridgehead atoms. The molecular weight excluding hydrogens is 669 g/mol. The van der Waals surface area contributed by atoms with Gasteiger partial charge in [-0.3, -0.25) is 4.79 Å². The predicted molar refractivity (Wildman–Crippen MR) is 249 cm³/mol. The van der Waals surface area contributed by atoms with Crippen molar-refractivity contribution in [1.82, 2.24) is 9.80 Å². The van der Waals surface area contributed by atoms with Crippen molar-refractivity contribution in [3.63, 3.8) is 0 Å². The molecule has 3 nitrogen and oxygen atoms in total. The van der Waals surface area contributed by atoms with Crippen LogP contribution in [0.2, 0.25) is 0 Å². The van der Waals surface area contributed by atoms with Gasteiger partial charge in [-0.1, -0.05) is 191 Å². The summed E-state index contributed by atoms with van der Waals surface area (Å²) in [6.45, 7) is 8.89. The van der Waals surface area contributed by atoms with E-state index >= 15 is 0 Å². The monoisotopic (exact) mass is 767 g/mol. The average Bonchev–Trinajstić information content (AvgIpc) is 3.18. The highest BCUT2D eigenvalue weighted by Crippen LogP contribution is 2.22. The standard InChI is InChI=1S/C52H98N2O/c1-6-9-12-15-18-20-22-24-26-28-30-32-34-36-38-41-46-51(47-42-39-37-35-33-31-29-27-25-23-21-19-16-13-10-7-2)54(50-45-44-49-53(4)5)52(55)48-43-40-17-14-11-8-3/h18-21,24-27,51H,6-17,22-23,28-50H2,1-5H3/b20-18-,21-19-,26-24-,27-25-. The van der Waals surface area contributed by atoms with Crippen LogP contribution in [0, 0.1) is 0 Å². The Bertz CT molecular complexity index is 838. The Balaban J connectivity index is 4.79. The third-order valence-electron chi connectivity index (χ3n) is 11.2. The van der Waals surface area contributed by atoms with Crippen molar-refractivity contribution in [2.45, 2.75) is 252 Å². The molecule has 1 amide bonds. The lowest BCUT2D eigenvalue weighted by atomic mass is 9.97. The summed E-state index contributed by atoms with van der Waals surface area (Å²) < 4.78 is 0. The molecule has 0 unspecified atom stereocenters. The molecule has 55 heavy (non-hydrogen) atoms. The molecular formula is C52H98N2O. The first-order valence-electron chi connectivity index (χ1n) is 24.6. The lowest BCUT2D eigenvalue weighted by molar-refractivity contribution is -0.134. The second-order valence-electron chi connectivity index (χ2n) is 17.0. The van der Waals surface area contributed by atoms with Crippen LogP contribution >= 0.6 is 0 Å². The molecule has 322 valence electrons. The molecule has 0 aliphatic heterocycles. The number of carbonyl (C=O) groups excluding carboxylic acids is 1. The maximum atomic E-state index is 13.8. The molecule has 0 N–H and O–H groups in total. The minimum absolute atomic E-state index is 0.434. The van der Waals surface area contributed by atoms with E-state index in [2.05, 4.69) is 93.3 Å². The Morgan fingerprint density at radius 1 is 0.400 bits per heavy atom. The van der Waals surface area contributed by atoms with Crippen LogP contribution in [0.5, 0.6) is 0 Å². The predicted octanol–water partition coefficient (Wildman–Crippen LogP) is 16.7. The zero-order chi connectivity index (χ0) is 40.1. The number of rotatable bonds is 43. The van der Waals surface area contributed by atoms with Crippen molar-refractivity contribution < 1.29 is 4.79 Å². The van der Waals surface area contributed by atoms with Crippen molar-refractivity contribution in [3.8, 4) is 0 Å². The van der Waals surface area contributed by atoms with E-state index in [-0.39, 0.29) is 0 Å². The van der Waals surface area contributed by atoms with Gasteiger partial charge in [0.1, 0.15) is 0 Å². The van der Waals surface area contributed by atoms with Crippen LogP contribution in [0.1, 0.15) is 245 Å². The molecule has 0 aliphatic carbocycles. The molecule has 3 heteroatoms. The molecule has 0 aromatic heterocycles. The SMILES string of the molecule is CCCCC/C=C\C/C=C\CCCCCCCCC(CCCCCCCC/C=C\C/C=C\CCCCC)N(CCCCN(C)C)C(=O)CCCCCCCC. The first-order chi connectivity index (χ1) is 27.1. The van der Waals surface area contributed by atoms with E-state index < -0.39 is 0 Å². The number of hydrogen-bond donors (Lipinski definition) is 0. The first-order valence-corrected chi connectivity index (χ1v) is 24.6. The number of allylic oxidation sites excluding steroid dienone is 8. The van der Waals surface area contributed by atoms with Gasteiger partial charge in [0.15, 0.2) is 0 Å². The van der Waals surface area contributed by atoms with E-state index in [0.717, 1.165) is 45.2 Å². The highest BCUT2D eigenvalue weighted by molar-refractivity contribution is 5.76. The molecule has 0 radical (unpaired) electrons. The highest BCUT2D eigenvalue weighted by atomic mass is 16.2. The summed E-state index contributed by atoms with van der Waals surface area (Å²) in [6.07, 6.45) is 62.9. The second-order valence-corrected chi connectivity index (χ2v) is 17.0. The number of nitrogens with zero attached hydrogens (tertiary/aromatic N) is 2. The van der Waals surface area contributed by atoms with Gasteiger partial charge in [-0.25, -0.2) is 0 Å². The van der Waals surface area contributed by atoms with Crippen molar-refractivity contribution in [3.05, 3.63) is 48.6 Å². The Labute approximate surface area is 346 Å². The lowest BCUT2D eigenvalue weighted by Crippen LogP contribution is -2.41. The smallest absolute Gasteiger partial charge is 0.222 e. The third kappa shape index (κ3) is 40.4. The summed E-state index contributed by atoms with van der Waals surface area (Å²) in [6, 6.07) is 0.434. The van der Waals surface area contributed by atoms with Crippen LogP contribution in [0.15, 0.2) is 48.6 Å². The van der Waals surface area contributed by atoms with Crippen LogP contribution in [-0.4, -0.2) is 48.9 Å². The van der Waals surface area contributed by atoms with E-state index in [1.165, 1.54) is 193 Å². The van der Waals surface area contributed by atoms with Gasteiger partial charge in [-0.15, -0.1) is 0 Å². The summed E-state index contributed by atoms with van der Waals surface area (Å²) in [4.78, 5) is 18.5. The summed E-state index contributed by atoms with van der Waals surface area (Å²) in [7, 11) is 4.34. The molecule has 0 heterocycles. The van der Waals surface area contributed by atoms with Crippen LogP contribution < -0.4 is 0 Å². The van der Waals surface area contributed by atoms with Gasteiger partial charge in [0.25, 0.3) is 0 Å². The fourth-order valence-electron chi connectivity index (χ4n) is 7.61. The van der Waals surface area contributed by atoms with E-state index in [1.807, 2.05) is 0 Å². The van der Waals surface area contributed by atoms with E-state index in [9.17, 15) is 4.79 Å². The number of amides is 1. The zero-order valence-corrected chi connectivity index (χ0v) is 38.2. The summed E-state index contributed by atoms with van der Waals surface area (Å²) >= 11 is 0. The fourth-order valence-corrected chi connectivity index (χ4v) is 7.61. The van der Waals surface area contributed by atoms with E-state index in [0.29, 0.717) is 11.9 Å². The topological polar surface area (TPSA) is 23.6 Å². The molecule has 0 rings (SSSR count). The van der Waals surface area contributed by atoms with Crippen molar-refractivity contribution in [2.24, 2.45) is 0 Å². The van der Waals surface area contributed by atoms with Gasteiger partial charge in [-0.05, 0) is 117 Å². The van der Waals surface area contributed by atoms with Gasteiger partial charge in [0.05, 0.1) is 0 Å². The van der Waals surface area contributed by atoms with Gasteiger partial charge >= 0.3 is 0 Å². The molecule has 0 aromatic carbocycles. The Morgan fingerprint density at radius 3 is 1.18 bits per heavy atom. The van der Waals surface area contributed by atoms with Crippen LogP contribution in [-0.2, 0) is 4.79 Å². The Morgan fingerprint density at radius 2 is 0.745 bits per heavy atom. The highest BCUT2D eigenvalue weighted by Gasteiger charge is 2.22. The minimum atomic E-state index is 0.434. The van der Waals surface area contributed by atoms with Gasteiger partial charge in [-0.2, -0.15) is 0 Å². The van der Waals surface area contributed by atoms with Crippen molar-refractivity contribution in [1.29, 1.82) is 0 Å². The Kier molecular flexibility index (Phi) is 43.8. The maximum Gasteiger partial charge on any atom is 0.222 e. The molecule has 0 aromatic rings.